The summed E-state index contributed by atoms with van der Waals surface area (Å²) in [6.45, 7) is 3.51. The third-order valence-corrected chi connectivity index (χ3v) is 9.88. The molecular weight excluding hydrogens is 627 g/mol. The maximum atomic E-state index is 14.2. The Morgan fingerprint density at radius 1 is 1.07 bits per heavy atom. The number of alkyl halides is 3. The number of aryl methyl sites for hydroxylation is 1. The van der Waals surface area contributed by atoms with E-state index in [1.807, 2.05) is 6.92 Å². The normalized spacial score (nSPS) is 13.6. The van der Waals surface area contributed by atoms with Gasteiger partial charge in [0.1, 0.15) is 12.1 Å². The minimum atomic E-state index is -4.57. The van der Waals surface area contributed by atoms with Gasteiger partial charge in [-0.15, -0.1) is 0 Å². The van der Waals surface area contributed by atoms with Crippen LogP contribution in [0.1, 0.15) is 23.6 Å². The van der Waals surface area contributed by atoms with Crippen LogP contribution < -0.4 is 18.8 Å². The van der Waals surface area contributed by atoms with Crippen molar-refractivity contribution in [1.82, 2.24) is 9.36 Å². The number of carbonyl (C=O) groups is 1. The molecule has 2 heterocycles. The summed E-state index contributed by atoms with van der Waals surface area (Å²) in [6.07, 6.45) is -3.31. The van der Waals surface area contributed by atoms with Crippen molar-refractivity contribution in [2.45, 2.75) is 31.5 Å². The summed E-state index contributed by atoms with van der Waals surface area (Å²) in [7, 11) is -2.71. The number of carbonyl (C=O) groups excluding carboxylic acids is 1. The Morgan fingerprint density at radius 2 is 1.81 bits per heavy atom. The second kappa shape index (κ2) is 11.7. The number of hydrogen-bond acceptors (Lipinski definition) is 8. The molecule has 5 rings (SSSR count). The Bertz CT molecular complexity index is 1790. The number of ether oxygens (including phenoxy) is 1. The number of aromatic nitrogens is 2. The van der Waals surface area contributed by atoms with Gasteiger partial charge in [-0.2, -0.15) is 17.5 Å². The van der Waals surface area contributed by atoms with Gasteiger partial charge in [0.25, 0.3) is 10.0 Å². The van der Waals surface area contributed by atoms with Crippen molar-refractivity contribution in [1.29, 1.82) is 0 Å². The number of fused-ring (bicyclic) bond motifs is 1. The van der Waals surface area contributed by atoms with Gasteiger partial charge in [-0.25, -0.2) is 17.7 Å². The molecule has 0 bridgehead atoms. The molecule has 0 atom stereocenters. The van der Waals surface area contributed by atoms with E-state index in [1.54, 1.807) is 30.2 Å². The average Bonchev–Trinajstić information content (AvgIpc) is 3.49. The third kappa shape index (κ3) is 5.99. The number of nitrogens with zero attached hydrogens (tertiary/aromatic N) is 5. The Hall–Kier alpha value is -3.88. The lowest BCUT2D eigenvalue weighted by atomic mass is 10.1. The van der Waals surface area contributed by atoms with Gasteiger partial charge in [0.2, 0.25) is 11.0 Å². The van der Waals surface area contributed by atoms with Gasteiger partial charge in [0, 0.05) is 31.5 Å². The second-order valence-electron chi connectivity index (χ2n) is 9.66. The van der Waals surface area contributed by atoms with Gasteiger partial charge in [0.15, 0.2) is 0 Å². The highest BCUT2D eigenvalue weighted by Gasteiger charge is 2.34. The Labute approximate surface area is 255 Å². The summed E-state index contributed by atoms with van der Waals surface area (Å²) in [5.41, 5.74) is 1.60. The zero-order valence-electron chi connectivity index (χ0n) is 23.1. The maximum absolute atomic E-state index is 14.2. The van der Waals surface area contributed by atoms with Crippen LogP contribution in [0.5, 0.6) is 5.75 Å². The van der Waals surface area contributed by atoms with Crippen LogP contribution in [0, 0.1) is 6.92 Å². The van der Waals surface area contributed by atoms with Gasteiger partial charge in [-0.1, -0.05) is 17.7 Å². The summed E-state index contributed by atoms with van der Waals surface area (Å²) in [5.74, 6) is 0.298. The first-order chi connectivity index (χ1) is 20.3. The number of benzene rings is 3. The monoisotopic (exact) mass is 651 g/mol. The molecule has 0 N–H and O–H groups in total. The molecule has 0 fully saturated rings. The van der Waals surface area contributed by atoms with Crippen LogP contribution in [0.2, 0.25) is 5.02 Å². The fraction of sp³-hybridized carbons (Fsp3) is 0.250. The molecule has 226 valence electrons. The molecule has 1 aliphatic heterocycles. The number of sulfonamides is 1. The predicted octanol–water partition coefficient (Wildman–Crippen LogP) is 6.43. The zero-order chi connectivity index (χ0) is 31.1. The van der Waals surface area contributed by atoms with Crippen molar-refractivity contribution >= 4 is 61.3 Å². The van der Waals surface area contributed by atoms with E-state index in [4.69, 9.17) is 16.3 Å². The maximum Gasteiger partial charge on any atom is 0.416 e. The molecule has 43 heavy (non-hydrogen) atoms. The SMILES string of the molecule is COc1ccc(CN(c2ncns2)S(=O)(=O)c2ccc3c(c2)N(C(C)=O)CCN3c2ccc(C(F)(F)F)cc2Cl)c(C)c1. The summed E-state index contributed by atoms with van der Waals surface area (Å²) in [6, 6.07) is 12.6. The topological polar surface area (TPSA) is 95.9 Å². The fourth-order valence-corrected chi connectivity index (χ4v) is 7.25. The molecule has 1 aromatic heterocycles. The zero-order valence-corrected chi connectivity index (χ0v) is 25.5. The first-order valence-electron chi connectivity index (χ1n) is 12.8. The Morgan fingerprint density at radius 3 is 2.42 bits per heavy atom. The molecule has 15 heteroatoms. The highest BCUT2D eigenvalue weighted by atomic mass is 35.5. The largest absolute Gasteiger partial charge is 0.497 e. The van der Waals surface area contributed by atoms with Crippen molar-refractivity contribution in [2.75, 3.05) is 34.3 Å². The lowest BCUT2D eigenvalue weighted by molar-refractivity contribution is -0.137. The Kier molecular flexibility index (Phi) is 8.29. The molecule has 0 saturated carbocycles. The van der Waals surface area contributed by atoms with Crippen molar-refractivity contribution in [2.24, 2.45) is 0 Å². The number of methoxy groups -OCH3 is 1. The molecule has 3 aromatic carbocycles. The Balaban J connectivity index is 1.58. The van der Waals surface area contributed by atoms with E-state index in [0.29, 0.717) is 22.7 Å². The van der Waals surface area contributed by atoms with Crippen molar-refractivity contribution in [3.8, 4) is 5.75 Å². The number of hydrogen-bond donors (Lipinski definition) is 0. The van der Waals surface area contributed by atoms with Crippen LogP contribution in [0.3, 0.4) is 0 Å². The van der Waals surface area contributed by atoms with Gasteiger partial charge < -0.3 is 14.5 Å². The molecule has 0 radical (unpaired) electrons. The van der Waals surface area contributed by atoms with Crippen molar-refractivity contribution in [3.05, 3.63) is 82.6 Å². The van der Waals surface area contributed by atoms with E-state index >= 15 is 0 Å². The number of anilines is 4. The van der Waals surface area contributed by atoms with Crippen LogP contribution in [0.25, 0.3) is 0 Å². The summed E-state index contributed by atoms with van der Waals surface area (Å²) >= 11 is 7.22. The second-order valence-corrected chi connectivity index (χ2v) is 12.7. The molecule has 0 unspecified atom stereocenters. The molecular formula is C28H25ClF3N5O4S2. The van der Waals surface area contributed by atoms with Crippen LogP contribution in [-0.2, 0) is 27.5 Å². The van der Waals surface area contributed by atoms with Crippen molar-refractivity contribution in [3.63, 3.8) is 0 Å². The van der Waals surface area contributed by atoms with Crippen molar-refractivity contribution < 1.29 is 31.1 Å². The van der Waals surface area contributed by atoms with Gasteiger partial charge in [-0.3, -0.25) is 4.79 Å². The lowest BCUT2D eigenvalue weighted by Crippen LogP contribution is -2.41. The molecule has 1 amide bonds. The highest BCUT2D eigenvalue weighted by Crippen LogP contribution is 2.44. The van der Waals surface area contributed by atoms with E-state index in [9.17, 15) is 26.4 Å². The number of rotatable bonds is 7. The minimum absolute atomic E-state index is 0.0475. The van der Waals surface area contributed by atoms with Crippen LogP contribution in [0.15, 0.2) is 65.8 Å². The predicted molar refractivity (Wildman–Crippen MR) is 159 cm³/mol. The number of amides is 1. The average molecular weight is 652 g/mol. The molecule has 0 spiro atoms. The summed E-state index contributed by atoms with van der Waals surface area (Å²) in [4.78, 5) is 19.7. The molecule has 4 aromatic rings. The standard InChI is InChI=1S/C28H25ClF3N5O4S2/c1-17-12-21(41-3)6-4-19(17)15-37(27-33-16-34-42-27)43(39,40)22-7-9-25-26(14-22)35(18(2)38)10-11-36(25)24-8-5-20(13-23(24)29)28(30,31)32/h4-9,12-14,16H,10-11,15H2,1-3H3. The summed E-state index contributed by atoms with van der Waals surface area (Å²) < 4.78 is 78.5. The molecule has 9 nitrogen and oxygen atoms in total. The molecule has 1 aliphatic rings. The minimum Gasteiger partial charge on any atom is -0.497 e. The number of halogens is 4. The fourth-order valence-electron chi connectivity index (χ4n) is 4.82. The quantitative estimate of drug-likeness (QED) is 0.227. The van der Waals surface area contributed by atoms with Crippen LogP contribution >= 0.6 is 23.1 Å². The van der Waals surface area contributed by atoms with E-state index in [1.165, 1.54) is 42.4 Å². The van der Waals surface area contributed by atoms with Gasteiger partial charge in [-0.05, 0) is 66.6 Å². The van der Waals surface area contributed by atoms with E-state index < -0.39 is 21.8 Å². The van der Waals surface area contributed by atoms with Gasteiger partial charge >= 0.3 is 6.18 Å². The van der Waals surface area contributed by atoms with E-state index in [0.717, 1.165) is 33.5 Å². The van der Waals surface area contributed by atoms with Crippen LogP contribution in [-0.4, -0.2) is 43.9 Å². The highest BCUT2D eigenvalue weighted by molar-refractivity contribution is 7.93. The summed E-state index contributed by atoms with van der Waals surface area (Å²) in [5, 5.41) is 0.0144. The third-order valence-electron chi connectivity index (χ3n) is 7.04. The first kappa shape index (κ1) is 30.6. The lowest BCUT2D eigenvalue weighted by Gasteiger charge is -2.38. The van der Waals surface area contributed by atoms with E-state index in [2.05, 4.69) is 9.36 Å². The van der Waals surface area contributed by atoms with Gasteiger partial charge in [0.05, 0.1) is 46.2 Å². The molecule has 0 aliphatic carbocycles. The first-order valence-corrected chi connectivity index (χ1v) is 15.4. The molecule has 0 saturated heterocycles. The van der Waals surface area contributed by atoms with E-state index in [-0.39, 0.29) is 46.3 Å². The van der Waals surface area contributed by atoms with Crippen LogP contribution in [0.4, 0.5) is 35.4 Å². The smallest absolute Gasteiger partial charge is 0.416 e.